The maximum absolute atomic E-state index is 13.4. The van der Waals surface area contributed by atoms with Gasteiger partial charge in [0.15, 0.2) is 5.16 Å². The van der Waals surface area contributed by atoms with Gasteiger partial charge in [-0.25, -0.2) is 4.98 Å². The average molecular weight is 510 g/mol. The number of amides is 1. The Morgan fingerprint density at radius 3 is 2.43 bits per heavy atom. The van der Waals surface area contributed by atoms with E-state index in [4.69, 9.17) is 26.1 Å². The molecule has 0 saturated heterocycles. The van der Waals surface area contributed by atoms with Crippen LogP contribution in [0.4, 0.5) is 5.69 Å². The first-order valence-corrected chi connectivity index (χ1v) is 12.2. The number of hydrogen-bond donors (Lipinski definition) is 1. The molecular weight excluding hydrogens is 486 g/mol. The second-order valence-electron chi connectivity index (χ2n) is 7.58. The Hall–Kier alpha value is -3.49. The van der Waals surface area contributed by atoms with E-state index >= 15 is 0 Å². The first kappa shape index (κ1) is 24.6. The Morgan fingerprint density at radius 2 is 1.74 bits per heavy atom. The molecule has 0 saturated carbocycles. The Balaban J connectivity index is 1.72. The van der Waals surface area contributed by atoms with Gasteiger partial charge in [0.2, 0.25) is 5.91 Å². The quantitative estimate of drug-likeness (QED) is 0.247. The summed E-state index contributed by atoms with van der Waals surface area (Å²) in [5.41, 5.74) is 1.49. The minimum absolute atomic E-state index is 0.192. The van der Waals surface area contributed by atoms with Crippen LogP contribution < -0.4 is 20.3 Å². The Morgan fingerprint density at radius 1 is 1.06 bits per heavy atom. The molecule has 1 N–H and O–H groups in total. The van der Waals surface area contributed by atoms with E-state index in [2.05, 4.69) is 5.32 Å². The summed E-state index contributed by atoms with van der Waals surface area (Å²) in [5.74, 6) is 0.596. The summed E-state index contributed by atoms with van der Waals surface area (Å²) in [6.45, 7) is 1.90. The van der Waals surface area contributed by atoms with Crippen LogP contribution in [-0.2, 0) is 4.79 Å². The molecule has 0 spiro atoms. The molecule has 4 rings (SSSR count). The zero-order valence-corrected chi connectivity index (χ0v) is 21.0. The van der Waals surface area contributed by atoms with Crippen LogP contribution in [0.3, 0.4) is 0 Å². The fourth-order valence-corrected chi connectivity index (χ4v) is 4.89. The number of para-hydroxylation sites is 2. The molecule has 3 aromatic carbocycles. The Bertz CT molecular complexity index is 1430. The summed E-state index contributed by atoms with van der Waals surface area (Å²) in [7, 11) is 3.01. The standard InChI is InChI=1S/C26H24ClN3O4S/c1-4-23(24(31)28-20-14-18(27)21(33-2)15-22(20)34-3)35-26-29-19-13-9-8-12-17(19)25(32)30(26)16-10-6-5-7-11-16/h5-15,23H,4H2,1-3H3,(H,28,31). The first-order chi connectivity index (χ1) is 17.0. The van der Waals surface area contributed by atoms with Crippen LogP contribution in [-0.4, -0.2) is 34.9 Å². The lowest BCUT2D eigenvalue weighted by Crippen LogP contribution is -2.27. The summed E-state index contributed by atoms with van der Waals surface area (Å²) >= 11 is 7.49. The SMILES string of the molecule is CCC(Sc1nc2ccccc2c(=O)n1-c1ccccc1)C(=O)Nc1cc(Cl)c(OC)cc1OC. The number of fused-ring (bicyclic) bond motifs is 1. The van der Waals surface area contributed by atoms with Crippen molar-refractivity contribution in [2.75, 3.05) is 19.5 Å². The molecule has 1 atom stereocenters. The monoisotopic (exact) mass is 509 g/mol. The third kappa shape index (κ3) is 5.13. The van der Waals surface area contributed by atoms with Crippen LogP contribution in [0.5, 0.6) is 11.5 Å². The third-order valence-corrected chi connectivity index (χ3v) is 7.01. The number of ether oxygens (including phenoxy) is 2. The van der Waals surface area contributed by atoms with Gasteiger partial charge in [-0.2, -0.15) is 0 Å². The molecule has 1 heterocycles. The number of halogens is 1. The molecule has 1 unspecified atom stereocenters. The highest BCUT2D eigenvalue weighted by molar-refractivity contribution is 8.00. The molecule has 4 aromatic rings. The molecule has 7 nitrogen and oxygen atoms in total. The number of methoxy groups -OCH3 is 2. The van der Waals surface area contributed by atoms with Crippen LogP contribution in [0.25, 0.3) is 16.6 Å². The van der Waals surface area contributed by atoms with Gasteiger partial charge in [-0.3, -0.25) is 14.2 Å². The normalized spacial score (nSPS) is 11.8. The Labute approximate surface area is 212 Å². The van der Waals surface area contributed by atoms with Gasteiger partial charge in [0.05, 0.1) is 46.8 Å². The number of nitrogens with one attached hydrogen (secondary N) is 1. The predicted molar refractivity (Wildman–Crippen MR) is 140 cm³/mol. The van der Waals surface area contributed by atoms with Gasteiger partial charge in [0, 0.05) is 6.07 Å². The lowest BCUT2D eigenvalue weighted by molar-refractivity contribution is -0.115. The number of aromatic nitrogens is 2. The number of thioether (sulfide) groups is 1. The first-order valence-electron chi connectivity index (χ1n) is 10.9. The molecule has 0 fully saturated rings. The molecule has 0 radical (unpaired) electrons. The van der Waals surface area contributed by atoms with Crippen molar-refractivity contribution < 1.29 is 14.3 Å². The van der Waals surface area contributed by atoms with E-state index in [1.807, 2.05) is 49.4 Å². The second-order valence-corrected chi connectivity index (χ2v) is 9.16. The van der Waals surface area contributed by atoms with Gasteiger partial charge in [0.1, 0.15) is 11.5 Å². The van der Waals surface area contributed by atoms with E-state index in [1.165, 1.54) is 26.0 Å². The largest absolute Gasteiger partial charge is 0.495 e. The highest BCUT2D eigenvalue weighted by Crippen LogP contribution is 2.36. The molecule has 0 bridgehead atoms. The van der Waals surface area contributed by atoms with Crippen molar-refractivity contribution >= 4 is 45.9 Å². The number of anilines is 1. The van der Waals surface area contributed by atoms with Crippen LogP contribution >= 0.6 is 23.4 Å². The van der Waals surface area contributed by atoms with Crippen molar-refractivity contribution in [3.63, 3.8) is 0 Å². The number of carbonyl (C=O) groups is 1. The minimum Gasteiger partial charge on any atom is -0.495 e. The Kier molecular flexibility index (Phi) is 7.63. The van der Waals surface area contributed by atoms with Gasteiger partial charge in [-0.15, -0.1) is 0 Å². The minimum atomic E-state index is -0.538. The highest BCUT2D eigenvalue weighted by Gasteiger charge is 2.24. The maximum Gasteiger partial charge on any atom is 0.266 e. The van der Waals surface area contributed by atoms with Crippen molar-refractivity contribution in [3.8, 4) is 17.2 Å². The number of benzene rings is 3. The molecule has 0 aliphatic carbocycles. The van der Waals surface area contributed by atoms with Crippen molar-refractivity contribution in [2.24, 2.45) is 0 Å². The molecule has 9 heteroatoms. The topological polar surface area (TPSA) is 82.5 Å². The smallest absolute Gasteiger partial charge is 0.266 e. The summed E-state index contributed by atoms with van der Waals surface area (Å²) in [6.07, 6.45) is 0.500. The van der Waals surface area contributed by atoms with E-state index in [0.29, 0.717) is 50.4 Å². The summed E-state index contributed by atoms with van der Waals surface area (Å²) in [5, 5.41) is 3.65. The fourth-order valence-electron chi connectivity index (χ4n) is 3.62. The molecule has 1 aromatic heterocycles. The van der Waals surface area contributed by atoms with Gasteiger partial charge in [-0.05, 0) is 36.8 Å². The van der Waals surface area contributed by atoms with Crippen LogP contribution in [0.2, 0.25) is 5.02 Å². The molecule has 35 heavy (non-hydrogen) atoms. The molecular formula is C26H24ClN3O4S. The number of rotatable bonds is 8. The number of nitrogens with zero attached hydrogens (tertiary/aromatic N) is 2. The van der Waals surface area contributed by atoms with Crippen LogP contribution in [0, 0.1) is 0 Å². The van der Waals surface area contributed by atoms with E-state index in [1.54, 1.807) is 28.8 Å². The van der Waals surface area contributed by atoms with Crippen molar-refractivity contribution in [1.29, 1.82) is 0 Å². The molecule has 0 aliphatic heterocycles. The summed E-state index contributed by atoms with van der Waals surface area (Å²) in [4.78, 5) is 31.5. The third-order valence-electron chi connectivity index (χ3n) is 5.40. The van der Waals surface area contributed by atoms with Crippen LogP contribution in [0.1, 0.15) is 13.3 Å². The fraction of sp³-hybridized carbons (Fsp3) is 0.192. The van der Waals surface area contributed by atoms with Gasteiger partial charge in [0.25, 0.3) is 5.56 Å². The van der Waals surface area contributed by atoms with E-state index in [0.717, 1.165) is 0 Å². The highest BCUT2D eigenvalue weighted by atomic mass is 35.5. The summed E-state index contributed by atoms with van der Waals surface area (Å²) < 4.78 is 12.2. The van der Waals surface area contributed by atoms with Crippen molar-refractivity contribution in [2.45, 2.75) is 23.8 Å². The molecule has 1 amide bonds. The zero-order chi connectivity index (χ0) is 24.9. The van der Waals surface area contributed by atoms with E-state index < -0.39 is 5.25 Å². The van der Waals surface area contributed by atoms with E-state index in [-0.39, 0.29) is 11.5 Å². The predicted octanol–water partition coefficient (Wildman–Crippen LogP) is 5.57. The second kappa shape index (κ2) is 10.8. The number of carbonyl (C=O) groups excluding carboxylic acids is 1. The van der Waals surface area contributed by atoms with Gasteiger partial charge in [-0.1, -0.05) is 60.6 Å². The lowest BCUT2D eigenvalue weighted by atomic mass is 10.2. The van der Waals surface area contributed by atoms with Gasteiger partial charge >= 0.3 is 0 Å². The van der Waals surface area contributed by atoms with Crippen LogP contribution in [0.15, 0.2) is 76.7 Å². The summed E-state index contributed by atoms with van der Waals surface area (Å²) in [6, 6.07) is 19.7. The number of hydrogen-bond acceptors (Lipinski definition) is 6. The van der Waals surface area contributed by atoms with E-state index in [9.17, 15) is 9.59 Å². The van der Waals surface area contributed by atoms with Crippen molar-refractivity contribution in [3.05, 3.63) is 82.1 Å². The van der Waals surface area contributed by atoms with Gasteiger partial charge < -0.3 is 14.8 Å². The maximum atomic E-state index is 13.4. The zero-order valence-electron chi connectivity index (χ0n) is 19.4. The molecule has 0 aliphatic rings. The lowest BCUT2D eigenvalue weighted by Gasteiger charge is -2.19. The molecule has 180 valence electrons. The average Bonchev–Trinajstić information content (AvgIpc) is 2.88. The van der Waals surface area contributed by atoms with Crippen molar-refractivity contribution in [1.82, 2.24) is 9.55 Å².